The molecule has 0 aliphatic carbocycles. The second-order valence-corrected chi connectivity index (χ2v) is 5.41. The fraction of sp³-hybridized carbons (Fsp3) is 0.0667. The smallest absolute Gasteiger partial charge is 0.312 e. The second-order valence-electron chi connectivity index (χ2n) is 4.98. The second kappa shape index (κ2) is 7.15. The van der Waals surface area contributed by atoms with Crippen LogP contribution in [-0.2, 0) is 6.61 Å². The summed E-state index contributed by atoms with van der Waals surface area (Å²) in [5.41, 5.74) is -0.00974. The Bertz CT molecular complexity index is 990. The maximum atomic E-state index is 11.0. The average molecular weight is 377 g/mol. The van der Waals surface area contributed by atoms with Crippen molar-refractivity contribution in [2.24, 2.45) is 0 Å². The summed E-state index contributed by atoms with van der Waals surface area (Å²) in [6.45, 7) is -0.218. The molecule has 10 nitrogen and oxygen atoms in total. The number of hydrogen-bond acceptors (Lipinski definition) is 8. The van der Waals surface area contributed by atoms with E-state index < -0.39 is 9.85 Å². The molecule has 0 unspecified atom stereocenters. The largest absolute Gasteiger partial charge is 0.477 e. The summed E-state index contributed by atoms with van der Waals surface area (Å²) >= 11 is 5.74. The van der Waals surface area contributed by atoms with Crippen molar-refractivity contribution in [3.63, 3.8) is 0 Å². The SMILES string of the molecule is O=[N+]([O-])c1cccc(-c2noc(COc3ccc(Cl)cc3[N+](=O)[O-])n2)c1. The zero-order valence-electron chi connectivity index (χ0n) is 12.9. The fourth-order valence-electron chi connectivity index (χ4n) is 2.08. The number of hydrogen-bond donors (Lipinski definition) is 0. The number of benzene rings is 2. The molecule has 132 valence electrons. The number of aromatic nitrogens is 2. The topological polar surface area (TPSA) is 134 Å². The molecule has 0 fully saturated rings. The van der Waals surface area contributed by atoms with E-state index in [0.29, 0.717) is 5.56 Å². The van der Waals surface area contributed by atoms with Gasteiger partial charge in [-0.3, -0.25) is 20.2 Å². The van der Waals surface area contributed by atoms with E-state index in [1.54, 1.807) is 6.07 Å². The van der Waals surface area contributed by atoms with Crippen molar-refractivity contribution in [3.8, 4) is 17.1 Å². The molecule has 3 aromatic rings. The summed E-state index contributed by atoms with van der Waals surface area (Å²) < 4.78 is 10.4. The Morgan fingerprint density at radius 1 is 1.12 bits per heavy atom. The number of nitro benzene ring substituents is 2. The number of nitro groups is 2. The van der Waals surface area contributed by atoms with Crippen molar-refractivity contribution >= 4 is 23.0 Å². The zero-order chi connectivity index (χ0) is 18.7. The van der Waals surface area contributed by atoms with Crippen LogP contribution in [0.1, 0.15) is 5.89 Å². The van der Waals surface area contributed by atoms with Crippen LogP contribution in [0.2, 0.25) is 5.02 Å². The van der Waals surface area contributed by atoms with E-state index in [1.807, 2.05) is 0 Å². The monoisotopic (exact) mass is 376 g/mol. The Morgan fingerprint density at radius 3 is 2.65 bits per heavy atom. The van der Waals surface area contributed by atoms with E-state index in [2.05, 4.69) is 10.1 Å². The third-order valence-electron chi connectivity index (χ3n) is 3.25. The van der Waals surface area contributed by atoms with Crippen molar-refractivity contribution in [1.82, 2.24) is 10.1 Å². The minimum absolute atomic E-state index is 0.00509. The molecular formula is C15H9ClN4O6. The van der Waals surface area contributed by atoms with Crippen LogP contribution in [0.4, 0.5) is 11.4 Å². The lowest BCUT2D eigenvalue weighted by Crippen LogP contribution is -1.99. The third kappa shape index (κ3) is 3.75. The molecule has 0 spiro atoms. The van der Waals surface area contributed by atoms with E-state index in [0.717, 1.165) is 0 Å². The van der Waals surface area contributed by atoms with Crippen molar-refractivity contribution in [2.45, 2.75) is 6.61 Å². The maximum absolute atomic E-state index is 11.0. The van der Waals surface area contributed by atoms with Gasteiger partial charge in [0.05, 0.1) is 9.85 Å². The molecule has 0 amide bonds. The molecule has 1 heterocycles. The quantitative estimate of drug-likeness (QED) is 0.468. The van der Waals surface area contributed by atoms with Gasteiger partial charge in [0.15, 0.2) is 12.4 Å². The Balaban J connectivity index is 1.77. The number of ether oxygens (including phenoxy) is 1. The Morgan fingerprint density at radius 2 is 1.92 bits per heavy atom. The Kier molecular flexibility index (Phi) is 4.76. The highest BCUT2D eigenvalue weighted by molar-refractivity contribution is 6.30. The molecule has 26 heavy (non-hydrogen) atoms. The van der Waals surface area contributed by atoms with E-state index in [4.69, 9.17) is 20.9 Å². The van der Waals surface area contributed by atoms with Crippen LogP contribution in [0.15, 0.2) is 47.0 Å². The molecular weight excluding hydrogens is 368 g/mol. The molecule has 0 atom stereocenters. The number of non-ortho nitro benzene ring substituents is 1. The van der Waals surface area contributed by atoms with E-state index in [9.17, 15) is 20.2 Å². The van der Waals surface area contributed by atoms with Crippen LogP contribution in [0, 0.1) is 20.2 Å². The number of nitrogens with zero attached hydrogens (tertiary/aromatic N) is 4. The van der Waals surface area contributed by atoms with Gasteiger partial charge in [0.25, 0.3) is 11.6 Å². The predicted molar refractivity (Wildman–Crippen MR) is 88.8 cm³/mol. The summed E-state index contributed by atoms with van der Waals surface area (Å²) in [6, 6.07) is 9.71. The summed E-state index contributed by atoms with van der Waals surface area (Å²) in [4.78, 5) is 24.7. The van der Waals surface area contributed by atoms with Gasteiger partial charge in [0.2, 0.25) is 5.82 Å². The maximum Gasteiger partial charge on any atom is 0.312 e. The Hall–Kier alpha value is -3.53. The van der Waals surface area contributed by atoms with Crippen molar-refractivity contribution in [3.05, 3.63) is 73.6 Å². The van der Waals surface area contributed by atoms with Gasteiger partial charge in [-0.05, 0) is 12.1 Å². The summed E-state index contributed by atoms with van der Waals surface area (Å²) in [6.07, 6.45) is 0. The van der Waals surface area contributed by atoms with Crippen molar-refractivity contribution in [1.29, 1.82) is 0 Å². The summed E-state index contributed by atoms with van der Waals surface area (Å²) in [5.74, 6) is 0.183. The van der Waals surface area contributed by atoms with Crippen molar-refractivity contribution in [2.75, 3.05) is 0 Å². The van der Waals surface area contributed by atoms with E-state index in [-0.39, 0.29) is 40.5 Å². The molecule has 11 heteroatoms. The van der Waals surface area contributed by atoms with Crippen LogP contribution in [0.5, 0.6) is 5.75 Å². The first-order valence-corrected chi connectivity index (χ1v) is 7.46. The standard InChI is InChI=1S/C15H9ClN4O6/c16-10-4-5-13(12(7-10)20(23)24)25-8-14-17-15(18-26-14)9-2-1-3-11(6-9)19(21)22/h1-7H,8H2. The van der Waals surface area contributed by atoms with Gasteiger partial charge in [0.1, 0.15) is 0 Å². The predicted octanol–water partition coefficient (Wildman–Crippen LogP) is 3.79. The molecule has 0 N–H and O–H groups in total. The molecule has 0 aliphatic heterocycles. The molecule has 0 radical (unpaired) electrons. The summed E-state index contributed by atoms with van der Waals surface area (Å²) in [5, 5.41) is 25.8. The van der Waals surface area contributed by atoms with Gasteiger partial charge in [-0.15, -0.1) is 0 Å². The third-order valence-corrected chi connectivity index (χ3v) is 3.49. The molecule has 0 saturated carbocycles. The average Bonchev–Trinajstić information content (AvgIpc) is 3.09. The van der Waals surface area contributed by atoms with Gasteiger partial charge >= 0.3 is 5.69 Å². The van der Waals surface area contributed by atoms with Gasteiger partial charge < -0.3 is 9.26 Å². The van der Waals surface area contributed by atoms with Gasteiger partial charge in [-0.1, -0.05) is 28.9 Å². The first kappa shape index (κ1) is 17.3. The minimum Gasteiger partial charge on any atom is -0.477 e. The lowest BCUT2D eigenvalue weighted by atomic mass is 10.2. The molecule has 2 aromatic carbocycles. The zero-order valence-corrected chi connectivity index (χ0v) is 13.6. The first-order chi connectivity index (χ1) is 12.4. The fourth-order valence-corrected chi connectivity index (χ4v) is 2.25. The first-order valence-electron chi connectivity index (χ1n) is 7.08. The highest BCUT2D eigenvalue weighted by Gasteiger charge is 2.18. The Labute approximate surface area is 150 Å². The van der Waals surface area contributed by atoms with Crippen LogP contribution < -0.4 is 4.74 Å². The number of halogens is 1. The van der Waals surface area contributed by atoms with Gasteiger partial charge in [0, 0.05) is 28.8 Å². The summed E-state index contributed by atoms with van der Waals surface area (Å²) in [7, 11) is 0. The highest BCUT2D eigenvalue weighted by Crippen LogP contribution is 2.30. The minimum atomic E-state index is -0.621. The van der Waals surface area contributed by atoms with Crippen LogP contribution >= 0.6 is 11.6 Å². The van der Waals surface area contributed by atoms with Crippen molar-refractivity contribution < 1.29 is 19.1 Å². The van der Waals surface area contributed by atoms with Crippen LogP contribution in [-0.4, -0.2) is 20.0 Å². The highest BCUT2D eigenvalue weighted by atomic mass is 35.5. The normalized spacial score (nSPS) is 10.5. The molecule has 1 aromatic heterocycles. The lowest BCUT2D eigenvalue weighted by Gasteiger charge is -2.04. The molecule has 0 bridgehead atoms. The van der Waals surface area contributed by atoms with E-state index in [1.165, 1.54) is 36.4 Å². The van der Waals surface area contributed by atoms with E-state index >= 15 is 0 Å². The van der Waals surface area contributed by atoms with Crippen LogP contribution in [0.25, 0.3) is 11.4 Å². The molecule has 0 saturated heterocycles. The van der Waals surface area contributed by atoms with Crippen LogP contribution in [0.3, 0.4) is 0 Å². The number of rotatable bonds is 6. The van der Waals surface area contributed by atoms with Gasteiger partial charge in [-0.25, -0.2) is 0 Å². The molecule has 0 aliphatic rings. The van der Waals surface area contributed by atoms with Gasteiger partial charge in [-0.2, -0.15) is 4.98 Å². The molecule has 3 rings (SSSR count). The lowest BCUT2D eigenvalue weighted by molar-refractivity contribution is -0.386.